The molecule has 0 aromatic heterocycles. The summed E-state index contributed by atoms with van der Waals surface area (Å²) in [6.45, 7) is 2.09. The van der Waals surface area contributed by atoms with Crippen molar-refractivity contribution < 1.29 is 0 Å². The summed E-state index contributed by atoms with van der Waals surface area (Å²) in [5.41, 5.74) is 8.20. The Balaban J connectivity index is 2.77. The predicted molar refractivity (Wildman–Crippen MR) is 53.2 cm³/mol. The number of benzene rings is 1. The van der Waals surface area contributed by atoms with Gasteiger partial charge in [0.1, 0.15) is 0 Å². The van der Waals surface area contributed by atoms with Crippen molar-refractivity contribution in [1.82, 2.24) is 0 Å². The highest BCUT2D eigenvalue weighted by atomic mass is 14.8. The summed E-state index contributed by atoms with van der Waals surface area (Å²) in [6.07, 6.45) is 0.985. The van der Waals surface area contributed by atoms with Gasteiger partial charge in [0, 0.05) is 18.8 Å². The van der Waals surface area contributed by atoms with Gasteiger partial charge in [-0.05, 0) is 24.1 Å². The monoisotopic (exact) mass is 164 g/mol. The van der Waals surface area contributed by atoms with Crippen LogP contribution < -0.4 is 11.1 Å². The van der Waals surface area contributed by atoms with E-state index in [1.54, 1.807) is 0 Å². The van der Waals surface area contributed by atoms with Gasteiger partial charge in [-0.1, -0.05) is 19.1 Å². The van der Waals surface area contributed by atoms with E-state index in [2.05, 4.69) is 24.4 Å². The fourth-order valence-electron chi connectivity index (χ4n) is 1.13. The van der Waals surface area contributed by atoms with Crippen molar-refractivity contribution in [2.24, 2.45) is 5.73 Å². The van der Waals surface area contributed by atoms with Crippen LogP contribution in [0.1, 0.15) is 24.9 Å². The van der Waals surface area contributed by atoms with Crippen molar-refractivity contribution in [2.45, 2.75) is 19.4 Å². The van der Waals surface area contributed by atoms with Crippen LogP contribution in [0.2, 0.25) is 0 Å². The Morgan fingerprint density at radius 3 is 2.33 bits per heavy atom. The van der Waals surface area contributed by atoms with Gasteiger partial charge in [-0.3, -0.25) is 0 Å². The van der Waals surface area contributed by atoms with Crippen molar-refractivity contribution in [3.05, 3.63) is 29.8 Å². The van der Waals surface area contributed by atoms with Gasteiger partial charge in [-0.2, -0.15) is 0 Å². The first-order chi connectivity index (χ1) is 5.77. The molecule has 0 radical (unpaired) electrons. The zero-order valence-electron chi connectivity index (χ0n) is 7.67. The molecule has 0 bridgehead atoms. The van der Waals surface area contributed by atoms with Gasteiger partial charge >= 0.3 is 0 Å². The van der Waals surface area contributed by atoms with Crippen LogP contribution in [0.5, 0.6) is 0 Å². The molecule has 1 rings (SSSR count). The van der Waals surface area contributed by atoms with E-state index in [9.17, 15) is 0 Å². The molecule has 0 aliphatic carbocycles. The second-order valence-corrected chi connectivity index (χ2v) is 2.89. The topological polar surface area (TPSA) is 38.0 Å². The van der Waals surface area contributed by atoms with E-state index in [1.165, 1.54) is 5.56 Å². The summed E-state index contributed by atoms with van der Waals surface area (Å²) < 4.78 is 0. The standard InChI is InChI=1S/C10H16N2/c1-3-10(11)8-4-6-9(12-2)7-5-8/h4-7,10,12H,3,11H2,1-2H3. The molecule has 2 heteroatoms. The first kappa shape index (κ1) is 9.07. The van der Waals surface area contributed by atoms with Gasteiger partial charge in [0.05, 0.1) is 0 Å². The SMILES string of the molecule is CCC(N)c1ccc(NC)cc1. The summed E-state index contributed by atoms with van der Waals surface area (Å²) in [7, 11) is 1.91. The van der Waals surface area contributed by atoms with Crippen molar-refractivity contribution in [3.63, 3.8) is 0 Å². The molecule has 0 saturated heterocycles. The van der Waals surface area contributed by atoms with Crippen LogP contribution in [0, 0.1) is 0 Å². The van der Waals surface area contributed by atoms with Crippen LogP contribution >= 0.6 is 0 Å². The molecule has 66 valence electrons. The van der Waals surface area contributed by atoms with Crippen LogP contribution in [0.15, 0.2) is 24.3 Å². The number of hydrogen-bond acceptors (Lipinski definition) is 2. The molecule has 1 unspecified atom stereocenters. The Hall–Kier alpha value is -1.02. The van der Waals surface area contributed by atoms with E-state index in [4.69, 9.17) is 5.73 Å². The van der Waals surface area contributed by atoms with Crippen molar-refractivity contribution in [3.8, 4) is 0 Å². The minimum Gasteiger partial charge on any atom is -0.388 e. The molecule has 0 fully saturated rings. The maximum absolute atomic E-state index is 5.87. The quantitative estimate of drug-likeness (QED) is 0.718. The lowest BCUT2D eigenvalue weighted by Crippen LogP contribution is -2.08. The van der Waals surface area contributed by atoms with E-state index in [-0.39, 0.29) is 6.04 Å². The van der Waals surface area contributed by atoms with Crippen molar-refractivity contribution in [1.29, 1.82) is 0 Å². The van der Waals surface area contributed by atoms with Crippen LogP contribution in [0.3, 0.4) is 0 Å². The average molecular weight is 164 g/mol. The lowest BCUT2D eigenvalue weighted by molar-refractivity contribution is 0.699. The summed E-state index contributed by atoms with van der Waals surface area (Å²) in [5, 5.41) is 3.07. The Bertz CT molecular complexity index is 228. The van der Waals surface area contributed by atoms with Gasteiger partial charge in [0.2, 0.25) is 0 Å². The molecule has 1 atom stereocenters. The Labute approximate surface area is 73.8 Å². The highest BCUT2D eigenvalue weighted by Gasteiger charge is 2.01. The second kappa shape index (κ2) is 4.12. The zero-order valence-corrected chi connectivity index (χ0v) is 7.67. The van der Waals surface area contributed by atoms with Gasteiger partial charge < -0.3 is 11.1 Å². The van der Waals surface area contributed by atoms with E-state index in [0.29, 0.717) is 0 Å². The smallest absolute Gasteiger partial charge is 0.0337 e. The van der Waals surface area contributed by atoms with Crippen molar-refractivity contribution >= 4 is 5.69 Å². The molecular weight excluding hydrogens is 148 g/mol. The minimum absolute atomic E-state index is 0.177. The molecule has 0 spiro atoms. The van der Waals surface area contributed by atoms with Crippen LogP contribution in [-0.2, 0) is 0 Å². The molecule has 0 aliphatic heterocycles. The first-order valence-electron chi connectivity index (χ1n) is 4.31. The lowest BCUT2D eigenvalue weighted by Gasteiger charge is -2.09. The van der Waals surface area contributed by atoms with Crippen LogP contribution in [0.25, 0.3) is 0 Å². The zero-order chi connectivity index (χ0) is 8.97. The Morgan fingerprint density at radius 2 is 1.92 bits per heavy atom. The predicted octanol–water partition coefficient (Wildman–Crippen LogP) is 2.14. The van der Waals surface area contributed by atoms with Crippen LogP contribution in [-0.4, -0.2) is 7.05 Å². The normalized spacial score (nSPS) is 12.6. The van der Waals surface area contributed by atoms with E-state index >= 15 is 0 Å². The molecule has 0 saturated carbocycles. The maximum atomic E-state index is 5.87. The average Bonchev–Trinajstić information content (AvgIpc) is 2.17. The van der Waals surface area contributed by atoms with Crippen LogP contribution in [0.4, 0.5) is 5.69 Å². The molecular formula is C10H16N2. The van der Waals surface area contributed by atoms with E-state index in [1.807, 2.05) is 19.2 Å². The largest absolute Gasteiger partial charge is 0.388 e. The highest BCUT2D eigenvalue weighted by molar-refractivity contribution is 5.44. The van der Waals surface area contributed by atoms with E-state index < -0.39 is 0 Å². The Morgan fingerprint density at radius 1 is 1.33 bits per heavy atom. The van der Waals surface area contributed by atoms with Gasteiger partial charge in [-0.25, -0.2) is 0 Å². The fraction of sp³-hybridized carbons (Fsp3) is 0.400. The Kier molecular flexibility index (Phi) is 3.11. The summed E-state index contributed by atoms with van der Waals surface area (Å²) >= 11 is 0. The third kappa shape index (κ3) is 1.98. The molecule has 1 aromatic rings. The van der Waals surface area contributed by atoms with E-state index in [0.717, 1.165) is 12.1 Å². The number of hydrogen-bond donors (Lipinski definition) is 2. The number of nitrogens with two attached hydrogens (primary N) is 1. The lowest BCUT2D eigenvalue weighted by atomic mass is 10.1. The summed E-state index contributed by atoms with van der Waals surface area (Å²) in [6, 6.07) is 8.41. The molecule has 3 N–H and O–H groups in total. The third-order valence-electron chi connectivity index (χ3n) is 2.07. The number of rotatable bonds is 3. The third-order valence-corrected chi connectivity index (χ3v) is 2.07. The summed E-state index contributed by atoms with van der Waals surface area (Å²) in [5.74, 6) is 0. The summed E-state index contributed by atoms with van der Waals surface area (Å²) in [4.78, 5) is 0. The van der Waals surface area contributed by atoms with Gasteiger partial charge in [0.15, 0.2) is 0 Å². The molecule has 0 aliphatic rings. The maximum Gasteiger partial charge on any atom is 0.0337 e. The molecule has 2 nitrogen and oxygen atoms in total. The van der Waals surface area contributed by atoms with Gasteiger partial charge in [-0.15, -0.1) is 0 Å². The first-order valence-corrected chi connectivity index (χ1v) is 4.31. The van der Waals surface area contributed by atoms with Gasteiger partial charge in [0.25, 0.3) is 0 Å². The minimum atomic E-state index is 0.177. The fourth-order valence-corrected chi connectivity index (χ4v) is 1.13. The number of anilines is 1. The van der Waals surface area contributed by atoms with Crippen molar-refractivity contribution in [2.75, 3.05) is 12.4 Å². The molecule has 0 heterocycles. The molecule has 12 heavy (non-hydrogen) atoms. The second-order valence-electron chi connectivity index (χ2n) is 2.89. The number of nitrogens with one attached hydrogen (secondary N) is 1. The molecule has 1 aromatic carbocycles. The molecule has 0 amide bonds. The highest BCUT2D eigenvalue weighted by Crippen LogP contribution is 2.15.